The molecule has 2 heterocycles. The molecule has 8 heteroatoms. The van der Waals surface area contributed by atoms with Gasteiger partial charge in [0.15, 0.2) is 0 Å². The Balaban J connectivity index is 1.44. The van der Waals surface area contributed by atoms with E-state index in [1.54, 1.807) is 19.3 Å². The minimum absolute atomic E-state index is 0.00369. The van der Waals surface area contributed by atoms with Gasteiger partial charge in [-0.25, -0.2) is 9.97 Å². The molecule has 1 aromatic heterocycles. The van der Waals surface area contributed by atoms with E-state index in [-0.39, 0.29) is 12.5 Å². The SMILES string of the molecule is C=C/C(=C\C=C/COCC(=O)N(CCC)CCc1cnc(N2CCN(C3CCC3)CC2)nc1C)OC. The number of ether oxygens (including phenoxy) is 2. The van der Waals surface area contributed by atoms with E-state index in [9.17, 15) is 4.79 Å². The maximum Gasteiger partial charge on any atom is 0.248 e. The zero-order valence-corrected chi connectivity index (χ0v) is 22.3. The number of nitrogens with zero attached hydrogens (tertiary/aromatic N) is 5. The van der Waals surface area contributed by atoms with Crippen LogP contribution in [0.3, 0.4) is 0 Å². The molecule has 8 nitrogen and oxygen atoms in total. The average Bonchev–Trinajstić information content (AvgIpc) is 2.86. The van der Waals surface area contributed by atoms with Gasteiger partial charge in [0.25, 0.3) is 0 Å². The number of hydrogen-bond acceptors (Lipinski definition) is 7. The molecule has 1 aliphatic heterocycles. The summed E-state index contributed by atoms with van der Waals surface area (Å²) in [4.78, 5) is 29.0. The minimum Gasteiger partial charge on any atom is -0.497 e. The largest absolute Gasteiger partial charge is 0.497 e. The van der Waals surface area contributed by atoms with Crippen molar-refractivity contribution in [1.82, 2.24) is 19.8 Å². The average molecular weight is 498 g/mol. The predicted octanol–water partition coefficient (Wildman–Crippen LogP) is 3.53. The molecule has 1 saturated carbocycles. The number of anilines is 1. The number of allylic oxidation sites excluding steroid dienone is 3. The van der Waals surface area contributed by atoms with Gasteiger partial charge in [0.05, 0.1) is 13.7 Å². The van der Waals surface area contributed by atoms with Crippen molar-refractivity contribution < 1.29 is 14.3 Å². The molecule has 198 valence electrons. The molecule has 36 heavy (non-hydrogen) atoms. The molecule has 0 N–H and O–H groups in total. The van der Waals surface area contributed by atoms with Gasteiger partial charge in [0.2, 0.25) is 11.9 Å². The fraction of sp³-hybridized carbons (Fsp3) is 0.607. The third-order valence-corrected chi connectivity index (χ3v) is 7.03. The van der Waals surface area contributed by atoms with E-state index in [0.717, 1.165) is 62.3 Å². The van der Waals surface area contributed by atoms with Crippen LogP contribution in [0.2, 0.25) is 0 Å². The highest BCUT2D eigenvalue weighted by atomic mass is 16.5. The number of aromatic nitrogens is 2. The highest BCUT2D eigenvalue weighted by Crippen LogP contribution is 2.26. The topological polar surface area (TPSA) is 71.0 Å². The summed E-state index contributed by atoms with van der Waals surface area (Å²) in [6.45, 7) is 13.7. The Hall–Kier alpha value is -2.71. The smallest absolute Gasteiger partial charge is 0.248 e. The van der Waals surface area contributed by atoms with Gasteiger partial charge < -0.3 is 19.3 Å². The summed E-state index contributed by atoms with van der Waals surface area (Å²) in [5.41, 5.74) is 2.09. The first-order valence-corrected chi connectivity index (χ1v) is 13.3. The van der Waals surface area contributed by atoms with Crippen molar-refractivity contribution in [2.45, 2.75) is 52.0 Å². The van der Waals surface area contributed by atoms with Crippen molar-refractivity contribution in [1.29, 1.82) is 0 Å². The Kier molecular flexibility index (Phi) is 11.4. The van der Waals surface area contributed by atoms with Crippen LogP contribution in [0.25, 0.3) is 0 Å². The molecule has 2 aliphatic rings. The number of carbonyl (C=O) groups excluding carboxylic acids is 1. The normalized spacial score (nSPS) is 17.3. The van der Waals surface area contributed by atoms with Gasteiger partial charge in [-0.05, 0) is 50.3 Å². The van der Waals surface area contributed by atoms with Crippen LogP contribution in [0.1, 0.15) is 43.9 Å². The maximum absolute atomic E-state index is 12.7. The molecular weight excluding hydrogens is 454 g/mol. The number of aryl methyl sites for hydroxylation is 1. The van der Waals surface area contributed by atoms with E-state index in [1.165, 1.54) is 19.3 Å². The number of carbonyl (C=O) groups is 1. The molecule has 1 aliphatic carbocycles. The van der Waals surface area contributed by atoms with Gasteiger partial charge in [-0.15, -0.1) is 0 Å². The van der Waals surface area contributed by atoms with Crippen LogP contribution >= 0.6 is 0 Å². The second kappa shape index (κ2) is 14.8. The molecule has 1 amide bonds. The van der Waals surface area contributed by atoms with Crippen LogP contribution in [0.15, 0.2) is 42.8 Å². The number of piperazine rings is 1. The van der Waals surface area contributed by atoms with E-state index in [0.29, 0.717) is 25.5 Å². The molecule has 3 rings (SSSR count). The lowest BCUT2D eigenvalue weighted by Crippen LogP contribution is -2.52. The first kappa shape index (κ1) is 27.9. The number of hydrogen-bond donors (Lipinski definition) is 0. The molecule has 1 aromatic rings. The number of rotatable bonds is 14. The minimum atomic E-state index is 0.00369. The Morgan fingerprint density at radius 1 is 1.25 bits per heavy atom. The Morgan fingerprint density at radius 2 is 2.03 bits per heavy atom. The molecule has 0 atom stereocenters. The third kappa shape index (κ3) is 8.17. The molecule has 0 unspecified atom stereocenters. The Labute approximate surface area is 216 Å². The standard InChI is InChI=1S/C28H43N5O3/c1-5-14-32(27(34)22-36-20-8-7-12-26(6-2)35-4)15-13-24-21-29-28(30-23(24)3)33-18-16-31(17-19-33)25-10-9-11-25/h6-8,12,21,25H,2,5,9-11,13-20,22H2,1,3-4H3/b8-7-,26-12+. The van der Waals surface area contributed by atoms with Crippen LogP contribution in [-0.4, -0.2) is 91.3 Å². The van der Waals surface area contributed by atoms with Crippen molar-refractivity contribution in [2.75, 3.05) is 64.5 Å². The lowest BCUT2D eigenvalue weighted by molar-refractivity contribution is -0.135. The van der Waals surface area contributed by atoms with Gasteiger partial charge in [0.1, 0.15) is 12.4 Å². The zero-order valence-electron chi connectivity index (χ0n) is 22.3. The first-order valence-electron chi connectivity index (χ1n) is 13.3. The molecule has 0 spiro atoms. The van der Waals surface area contributed by atoms with Crippen molar-refractivity contribution in [2.24, 2.45) is 0 Å². The van der Waals surface area contributed by atoms with Gasteiger partial charge in [-0.1, -0.05) is 32.1 Å². The highest BCUT2D eigenvalue weighted by Gasteiger charge is 2.28. The summed E-state index contributed by atoms with van der Waals surface area (Å²) in [5.74, 6) is 1.51. The van der Waals surface area contributed by atoms with E-state index in [1.807, 2.05) is 30.2 Å². The fourth-order valence-electron chi connectivity index (χ4n) is 4.55. The van der Waals surface area contributed by atoms with E-state index in [2.05, 4.69) is 28.3 Å². The second-order valence-corrected chi connectivity index (χ2v) is 9.44. The molecule has 0 bridgehead atoms. The maximum atomic E-state index is 12.7. The number of methoxy groups -OCH3 is 1. The van der Waals surface area contributed by atoms with Gasteiger partial charge in [0, 0.05) is 57.2 Å². The summed E-state index contributed by atoms with van der Waals surface area (Å²) in [6.07, 6.45) is 14.8. The van der Waals surface area contributed by atoms with Gasteiger partial charge in [-0.3, -0.25) is 9.69 Å². The molecule has 0 radical (unpaired) electrons. The highest BCUT2D eigenvalue weighted by molar-refractivity contribution is 5.77. The van der Waals surface area contributed by atoms with E-state index in [4.69, 9.17) is 14.5 Å². The predicted molar refractivity (Wildman–Crippen MR) is 144 cm³/mol. The first-order chi connectivity index (χ1) is 17.5. The fourth-order valence-corrected chi connectivity index (χ4v) is 4.55. The summed E-state index contributed by atoms with van der Waals surface area (Å²) in [7, 11) is 1.60. The van der Waals surface area contributed by atoms with Gasteiger partial charge >= 0.3 is 0 Å². The number of amides is 1. The van der Waals surface area contributed by atoms with Crippen molar-refractivity contribution in [3.63, 3.8) is 0 Å². The molecular formula is C28H43N5O3. The lowest BCUT2D eigenvalue weighted by Gasteiger charge is -2.42. The van der Waals surface area contributed by atoms with Crippen molar-refractivity contribution in [3.05, 3.63) is 54.1 Å². The quantitative estimate of drug-likeness (QED) is 0.221. The van der Waals surface area contributed by atoms with Crippen molar-refractivity contribution >= 4 is 11.9 Å². The van der Waals surface area contributed by atoms with Crippen LogP contribution in [-0.2, 0) is 20.7 Å². The monoisotopic (exact) mass is 497 g/mol. The summed E-state index contributed by atoms with van der Waals surface area (Å²) < 4.78 is 10.7. The Bertz CT molecular complexity index is 904. The zero-order chi connectivity index (χ0) is 25.8. The Morgan fingerprint density at radius 3 is 2.64 bits per heavy atom. The summed E-state index contributed by atoms with van der Waals surface area (Å²) >= 11 is 0. The van der Waals surface area contributed by atoms with E-state index >= 15 is 0 Å². The van der Waals surface area contributed by atoms with Crippen molar-refractivity contribution in [3.8, 4) is 0 Å². The molecule has 1 saturated heterocycles. The lowest BCUT2D eigenvalue weighted by atomic mass is 9.91. The van der Waals surface area contributed by atoms with Crippen LogP contribution in [0, 0.1) is 6.92 Å². The summed E-state index contributed by atoms with van der Waals surface area (Å²) in [5, 5.41) is 0. The van der Waals surface area contributed by atoms with Gasteiger partial charge in [-0.2, -0.15) is 0 Å². The van der Waals surface area contributed by atoms with Crippen LogP contribution < -0.4 is 4.90 Å². The summed E-state index contributed by atoms with van der Waals surface area (Å²) in [6, 6.07) is 0.802. The van der Waals surface area contributed by atoms with Crippen LogP contribution in [0.5, 0.6) is 0 Å². The third-order valence-electron chi connectivity index (χ3n) is 7.03. The van der Waals surface area contributed by atoms with Crippen LogP contribution in [0.4, 0.5) is 5.95 Å². The molecule has 0 aromatic carbocycles. The molecule has 2 fully saturated rings. The van der Waals surface area contributed by atoms with E-state index < -0.39 is 0 Å². The second-order valence-electron chi connectivity index (χ2n) is 9.44.